The Morgan fingerprint density at radius 3 is 2.12 bits per heavy atom. The number of aromatic hydroxyl groups is 1. The first-order chi connectivity index (χ1) is 11.9. The number of phenols is 1. The molecule has 0 radical (unpaired) electrons. The molecule has 3 nitrogen and oxygen atoms in total. The Morgan fingerprint density at radius 2 is 1.54 bits per heavy atom. The molecule has 3 heteroatoms. The van der Waals surface area contributed by atoms with Crippen LogP contribution in [-0.4, -0.2) is 11.1 Å². The van der Waals surface area contributed by atoms with E-state index < -0.39 is 5.41 Å². The molecule has 0 spiro atoms. The zero-order chi connectivity index (χ0) is 19.8. The van der Waals surface area contributed by atoms with Gasteiger partial charge in [-0.2, -0.15) is 0 Å². The first-order valence-electron chi connectivity index (χ1n) is 9.33. The number of fused-ring (bicyclic) bond motifs is 1. The zero-order valence-corrected chi connectivity index (χ0v) is 17.1. The molecule has 0 saturated heterocycles. The third-order valence-electron chi connectivity index (χ3n) is 5.90. The fourth-order valence-corrected chi connectivity index (χ4v) is 3.22. The molecule has 0 aromatic heterocycles. The number of carbonyl (C=O) groups is 1. The van der Waals surface area contributed by atoms with Crippen molar-refractivity contribution in [1.82, 2.24) is 0 Å². The van der Waals surface area contributed by atoms with Gasteiger partial charge in [-0.1, -0.05) is 60.1 Å². The maximum Gasteiger partial charge on any atom is 0.317 e. The van der Waals surface area contributed by atoms with E-state index in [2.05, 4.69) is 41.5 Å². The van der Waals surface area contributed by atoms with Crippen molar-refractivity contribution >= 4 is 16.7 Å². The standard InChI is InChI=1S/C23H32O3/c1-8-22(5,6)15-23(7,21(2,3)4)20(25)26-19-12-10-16-13-18(24)11-9-17(16)14-19/h9-14,24H,8,15H2,1-7H3. The molecule has 0 heterocycles. The second-order valence-corrected chi connectivity index (χ2v) is 9.36. The highest BCUT2D eigenvalue weighted by Gasteiger charge is 2.48. The molecule has 1 unspecified atom stereocenters. The lowest BCUT2D eigenvalue weighted by molar-refractivity contribution is -0.154. The first kappa shape index (κ1) is 20.3. The van der Waals surface area contributed by atoms with Gasteiger partial charge in [0.2, 0.25) is 0 Å². The Hall–Kier alpha value is -2.03. The quantitative estimate of drug-likeness (QED) is 0.503. The van der Waals surface area contributed by atoms with Crippen LogP contribution in [0.15, 0.2) is 36.4 Å². The minimum atomic E-state index is -0.601. The van der Waals surface area contributed by atoms with Crippen LogP contribution in [-0.2, 0) is 4.79 Å². The van der Waals surface area contributed by atoms with Crippen LogP contribution in [0.25, 0.3) is 10.8 Å². The summed E-state index contributed by atoms with van der Waals surface area (Å²) >= 11 is 0. The number of rotatable bonds is 5. The average Bonchev–Trinajstić information content (AvgIpc) is 2.53. The Kier molecular flexibility index (Phi) is 5.41. The number of hydrogen-bond donors (Lipinski definition) is 1. The van der Waals surface area contributed by atoms with Crippen molar-refractivity contribution in [3.05, 3.63) is 36.4 Å². The Bertz CT molecular complexity index is 799. The number of benzene rings is 2. The van der Waals surface area contributed by atoms with Gasteiger partial charge in [-0.25, -0.2) is 0 Å². The summed E-state index contributed by atoms with van der Waals surface area (Å²) in [6.07, 6.45) is 1.77. The molecule has 0 bridgehead atoms. The first-order valence-corrected chi connectivity index (χ1v) is 9.33. The number of phenolic OH excluding ortho intramolecular Hbond substituents is 1. The Balaban J connectivity index is 2.33. The molecule has 0 saturated carbocycles. The highest BCUT2D eigenvalue weighted by Crippen LogP contribution is 2.48. The summed E-state index contributed by atoms with van der Waals surface area (Å²) in [6, 6.07) is 10.7. The SMILES string of the molecule is CCC(C)(C)CC(C)(C(=O)Oc1ccc2cc(O)ccc2c1)C(C)(C)C. The van der Waals surface area contributed by atoms with Crippen LogP contribution in [0.1, 0.15) is 61.3 Å². The topological polar surface area (TPSA) is 46.5 Å². The third-order valence-corrected chi connectivity index (χ3v) is 5.90. The van der Waals surface area contributed by atoms with E-state index in [1.54, 1.807) is 18.2 Å². The van der Waals surface area contributed by atoms with Gasteiger partial charge in [-0.05, 0) is 59.2 Å². The predicted octanol–water partition coefficient (Wildman–Crippen LogP) is 6.33. The molecule has 0 fully saturated rings. The zero-order valence-electron chi connectivity index (χ0n) is 17.1. The maximum absolute atomic E-state index is 13.2. The second-order valence-electron chi connectivity index (χ2n) is 9.36. The van der Waals surface area contributed by atoms with Gasteiger partial charge in [-0.15, -0.1) is 0 Å². The molecular formula is C23H32O3. The second kappa shape index (κ2) is 6.94. The minimum absolute atomic E-state index is 0.0575. The van der Waals surface area contributed by atoms with Crippen LogP contribution in [0, 0.1) is 16.2 Å². The summed E-state index contributed by atoms with van der Waals surface area (Å²) < 4.78 is 5.83. The van der Waals surface area contributed by atoms with E-state index in [0.717, 1.165) is 23.6 Å². The van der Waals surface area contributed by atoms with Crippen molar-refractivity contribution in [3.8, 4) is 11.5 Å². The van der Waals surface area contributed by atoms with Crippen LogP contribution in [0.3, 0.4) is 0 Å². The molecular weight excluding hydrogens is 324 g/mol. The van der Waals surface area contributed by atoms with Gasteiger partial charge in [0.1, 0.15) is 11.5 Å². The van der Waals surface area contributed by atoms with Gasteiger partial charge < -0.3 is 9.84 Å². The van der Waals surface area contributed by atoms with Crippen molar-refractivity contribution in [2.24, 2.45) is 16.2 Å². The number of ether oxygens (including phenoxy) is 1. The molecule has 2 aromatic rings. The van der Waals surface area contributed by atoms with Gasteiger partial charge >= 0.3 is 5.97 Å². The lowest BCUT2D eigenvalue weighted by Gasteiger charge is -2.44. The summed E-state index contributed by atoms with van der Waals surface area (Å²) in [5, 5.41) is 11.4. The van der Waals surface area contributed by atoms with E-state index in [0.29, 0.717) is 5.75 Å². The molecule has 142 valence electrons. The van der Waals surface area contributed by atoms with Crippen molar-refractivity contribution in [1.29, 1.82) is 0 Å². The average molecular weight is 357 g/mol. The Morgan fingerprint density at radius 1 is 0.962 bits per heavy atom. The number of carbonyl (C=O) groups excluding carboxylic acids is 1. The van der Waals surface area contributed by atoms with Gasteiger partial charge in [0.05, 0.1) is 5.41 Å². The summed E-state index contributed by atoms with van der Waals surface area (Å²) in [5.41, 5.74) is -0.766. The van der Waals surface area contributed by atoms with E-state index in [1.165, 1.54) is 0 Å². The summed E-state index contributed by atoms with van der Waals surface area (Å²) in [6.45, 7) is 14.9. The van der Waals surface area contributed by atoms with Crippen molar-refractivity contribution in [3.63, 3.8) is 0 Å². The van der Waals surface area contributed by atoms with Crippen molar-refractivity contribution in [2.75, 3.05) is 0 Å². The predicted molar refractivity (Wildman–Crippen MR) is 107 cm³/mol. The smallest absolute Gasteiger partial charge is 0.317 e. The van der Waals surface area contributed by atoms with E-state index in [-0.39, 0.29) is 22.5 Å². The lowest BCUT2D eigenvalue weighted by atomic mass is 9.60. The molecule has 0 amide bonds. The van der Waals surface area contributed by atoms with Crippen LogP contribution < -0.4 is 4.74 Å². The third kappa shape index (κ3) is 4.20. The van der Waals surface area contributed by atoms with Crippen molar-refractivity contribution < 1.29 is 14.6 Å². The molecule has 1 atom stereocenters. The monoisotopic (exact) mass is 356 g/mol. The van der Waals surface area contributed by atoms with Gasteiger partial charge in [-0.3, -0.25) is 4.79 Å². The van der Waals surface area contributed by atoms with E-state index in [9.17, 15) is 9.90 Å². The molecule has 2 aromatic carbocycles. The van der Waals surface area contributed by atoms with Crippen LogP contribution >= 0.6 is 0 Å². The molecule has 26 heavy (non-hydrogen) atoms. The molecule has 1 N–H and O–H groups in total. The largest absolute Gasteiger partial charge is 0.508 e. The van der Waals surface area contributed by atoms with Crippen LogP contribution in [0.5, 0.6) is 11.5 Å². The molecule has 2 rings (SSSR count). The molecule has 0 aliphatic heterocycles. The van der Waals surface area contributed by atoms with Crippen LogP contribution in [0.2, 0.25) is 0 Å². The number of esters is 1. The Labute approximate surface area is 157 Å². The van der Waals surface area contributed by atoms with E-state index in [4.69, 9.17) is 4.74 Å². The van der Waals surface area contributed by atoms with Gasteiger partial charge in [0, 0.05) is 0 Å². The van der Waals surface area contributed by atoms with Crippen molar-refractivity contribution in [2.45, 2.75) is 61.3 Å². The van der Waals surface area contributed by atoms with Gasteiger partial charge in [0.25, 0.3) is 0 Å². The summed E-state index contributed by atoms with van der Waals surface area (Å²) in [5.74, 6) is 0.576. The molecule has 0 aliphatic rings. The minimum Gasteiger partial charge on any atom is -0.508 e. The van der Waals surface area contributed by atoms with Gasteiger partial charge in [0.15, 0.2) is 0 Å². The van der Waals surface area contributed by atoms with E-state index in [1.807, 2.05) is 25.1 Å². The summed E-state index contributed by atoms with van der Waals surface area (Å²) in [4.78, 5) is 13.2. The number of hydrogen-bond acceptors (Lipinski definition) is 3. The van der Waals surface area contributed by atoms with Crippen LogP contribution in [0.4, 0.5) is 0 Å². The maximum atomic E-state index is 13.2. The normalized spacial score (nSPS) is 14.9. The summed E-state index contributed by atoms with van der Waals surface area (Å²) in [7, 11) is 0. The fourth-order valence-electron chi connectivity index (χ4n) is 3.22. The highest BCUT2D eigenvalue weighted by molar-refractivity contribution is 5.86. The highest BCUT2D eigenvalue weighted by atomic mass is 16.5. The fraction of sp³-hybridized carbons (Fsp3) is 0.522. The van der Waals surface area contributed by atoms with E-state index >= 15 is 0 Å². The molecule has 0 aliphatic carbocycles. The lowest BCUT2D eigenvalue weighted by Crippen LogP contribution is -2.45.